The lowest BCUT2D eigenvalue weighted by atomic mass is 10.1. The largest absolute Gasteiger partial charge is 0.478 e. The van der Waals surface area contributed by atoms with Gasteiger partial charge in [0.05, 0.1) is 0 Å². The molecule has 0 rings (SSSR count). The van der Waals surface area contributed by atoms with E-state index in [1.807, 2.05) is 13.8 Å². The number of rotatable bonds is 3. The molecular weight excluding hydrogens is 128 g/mol. The molecule has 0 fully saturated rings. The number of hydrogen-bond donors (Lipinski definition) is 1. The Bertz CT molecular complexity index is 119. The number of hydrogen-bond acceptors (Lipinski definition) is 1. The highest BCUT2D eigenvalue weighted by molar-refractivity contribution is 5.80. The van der Waals surface area contributed by atoms with E-state index in [1.54, 1.807) is 0 Å². The Morgan fingerprint density at radius 3 is 1.90 bits per heavy atom. The van der Waals surface area contributed by atoms with Crippen LogP contribution < -0.4 is 0 Å². The van der Waals surface area contributed by atoms with Gasteiger partial charge in [-0.1, -0.05) is 26.8 Å². The summed E-state index contributed by atoms with van der Waals surface area (Å²) in [7, 11) is 0. The van der Waals surface area contributed by atoms with Crippen LogP contribution in [0.5, 0.6) is 0 Å². The highest BCUT2D eigenvalue weighted by Gasteiger charge is 1.92. The van der Waals surface area contributed by atoms with Crippen molar-refractivity contribution in [3.8, 4) is 0 Å². The van der Waals surface area contributed by atoms with Crippen molar-refractivity contribution in [2.75, 3.05) is 0 Å². The summed E-state index contributed by atoms with van der Waals surface area (Å²) in [5, 5.41) is 8.27. The van der Waals surface area contributed by atoms with E-state index in [9.17, 15) is 4.79 Å². The van der Waals surface area contributed by atoms with Crippen molar-refractivity contribution in [2.24, 2.45) is 0 Å². The molecule has 60 valence electrons. The Labute approximate surface area is 62.6 Å². The molecule has 1 N–H and O–H groups in total. The first-order chi connectivity index (χ1) is 4.20. The fraction of sp³-hybridized carbons (Fsp3) is 0.625. The predicted octanol–water partition coefficient (Wildman–Crippen LogP) is 2.45. The van der Waals surface area contributed by atoms with Gasteiger partial charge < -0.3 is 5.11 Å². The molecule has 2 heteroatoms. The van der Waals surface area contributed by atoms with Crippen molar-refractivity contribution in [3.63, 3.8) is 0 Å². The molecule has 10 heavy (non-hydrogen) atoms. The molecule has 0 aromatic rings. The molecule has 0 unspecified atom stereocenters. The Kier molecular flexibility index (Phi) is 7.56. The van der Waals surface area contributed by atoms with Gasteiger partial charge in [0.25, 0.3) is 0 Å². The lowest BCUT2D eigenvalue weighted by Gasteiger charge is -1.94. The van der Waals surface area contributed by atoms with E-state index in [2.05, 4.69) is 0 Å². The van der Waals surface area contributed by atoms with Gasteiger partial charge >= 0.3 is 5.97 Å². The summed E-state index contributed by atoms with van der Waals surface area (Å²) in [6.45, 7) is 3.91. The molecule has 0 atom stereocenters. The molecule has 0 saturated heterocycles. The Balaban J connectivity index is 0. The van der Waals surface area contributed by atoms with Gasteiger partial charge in [-0.05, 0) is 12.8 Å². The average molecular weight is 144 g/mol. The summed E-state index contributed by atoms with van der Waals surface area (Å²) in [6, 6.07) is 0. The number of allylic oxidation sites excluding steroid dienone is 1. The third-order valence-corrected chi connectivity index (χ3v) is 1.24. The third kappa shape index (κ3) is 5.35. The van der Waals surface area contributed by atoms with E-state index >= 15 is 0 Å². The van der Waals surface area contributed by atoms with E-state index in [0.717, 1.165) is 18.4 Å². The minimum atomic E-state index is -0.839. The van der Waals surface area contributed by atoms with Crippen LogP contribution in [0.3, 0.4) is 0 Å². The smallest absolute Gasteiger partial charge is 0.328 e. The molecule has 0 radical (unpaired) electrons. The van der Waals surface area contributed by atoms with Crippen molar-refractivity contribution in [1.82, 2.24) is 0 Å². The molecule has 0 bridgehead atoms. The summed E-state index contributed by atoms with van der Waals surface area (Å²) >= 11 is 0. The number of carboxylic acid groups (broad SMARTS) is 1. The van der Waals surface area contributed by atoms with Crippen LogP contribution in [0, 0.1) is 0 Å². The fourth-order valence-corrected chi connectivity index (χ4v) is 0.629. The maximum absolute atomic E-state index is 10.1. The van der Waals surface area contributed by atoms with Crippen LogP contribution in [0.1, 0.15) is 34.1 Å². The first-order valence-corrected chi connectivity index (χ1v) is 3.13. The van der Waals surface area contributed by atoms with Crippen LogP contribution >= 0.6 is 0 Å². The van der Waals surface area contributed by atoms with E-state index in [4.69, 9.17) is 5.11 Å². The Hall–Kier alpha value is -0.790. The van der Waals surface area contributed by atoms with Gasteiger partial charge in [-0.2, -0.15) is 0 Å². The van der Waals surface area contributed by atoms with Crippen LogP contribution in [-0.2, 0) is 4.79 Å². The van der Waals surface area contributed by atoms with Gasteiger partial charge in [-0.25, -0.2) is 4.79 Å². The van der Waals surface area contributed by atoms with E-state index in [0.29, 0.717) is 0 Å². The quantitative estimate of drug-likeness (QED) is 0.618. The monoisotopic (exact) mass is 144 g/mol. The van der Waals surface area contributed by atoms with Gasteiger partial charge in [0.15, 0.2) is 0 Å². The summed E-state index contributed by atoms with van der Waals surface area (Å²) in [6.07, 6.45) is 2.95. The summed E-state index contributed by atoms with van der Waals surface area (Å²) in [5.41, 5.74) is 0.988. The van der Waals surface area contributed by atoms with Crippen LogP contribution in [-0.4, -0.2) is 11.1 Å². The van der Waals surface area contributed by atoms with Crippen molar-refractivity contribution in [3.05, 3.63) is 11.6 Å². The van der Waals surface area contributed by atoms with E-state index in [-0.39, 0.29) is 7.43 Å². The Morgan fingerprint density at radius 2 is 1.80 bits per heavy atom. The van der Waals surface area contributed by atoms with Gasteiger partial charge in [0.1, 0.15) is 0 Å². The van der Waals surface area contributed by atoms with Gasteiger partial charge in [0, 0.05) is 6.08 Å². The molecule has 2 nitrogen and oxygen atoms in total. The SMILES string of the molecule is C.CCC(=CC(=O)O)CC. The normalized spacial score (nSPS) is 7.80. The van der Waals surface area contributed by atoms with Gasteiger partial charge in [-0.3, -0.25) is 0 Å². The highest BCUT2D eigenvalue weighted by atomic mass is 16.4. The third-order valence-electron chi connectivity index (χ3n) is 1.24. The molecule has 0 spiro atoms. The van der Waals surface area contributed by atoms with Crippen molar-refractivity contribution in [1.29, 1.82) is 0 Å². The highest BCUT2D eigenvalue weighted by Crippen LogP contribution is 2.03. The first kappa shape index (κ1) is 11.9. The minimum absolute atomic E-state index is 0. The van der Waals surface area contributed by atoms with E-state index in [1.165, 1.54) is 6.08 Å². The van der Waals surface area contributed by atoms with Crippen LogP contribution in [0.4, 0.5) is 0 Å². The topological polar surface area (TPSA) is 37.3 Å². The summed E-state index contributed by atoms with van der Waals surface area (Å²) in [5.74, 6) is -0.839. The molecule has 0 aromatic carbocycles. The zero-order chi connectivity index (χ0) is 7.28. The number of carbonyl (C=O) groups is 1. The second kappa shape index (κ2) is 6.33. The lowest BCUT2D eigenvalue weighted by molar-refractivity contribution is -0.131. The van der Waals surface area contributed by atoms with Gasteiger partial charge in [-0.15, -0.1) is 0 Å². The zero-order valence-corrected chi connectivity index (χ0v) is 5.85. The molecule has 0 aromatic heterocycles. The number of carboxylic acids is 1. The molecule has 0 saturated carbocycles. The summed E-state index contributed by atoms with van der Waals surface area (Å²) in [4.78, 5) is 10.1. The van der Waals surface area contributed by atoms with Crippen LogP contribution in [0.25, 0.3) is 0 Å². The average Bonchev–Trinajstić information content (AvgIpc) is 1.82. The van der Waals surface area contributed by atoms with Crippen LogP contribution in [0.2, 0.25) is 0 Å². The molecule has 0 aliphatic carbocycles. The molecule has 0 aliphatic rings. The van der Waals surface area contributed by atoms with Crippen molar-refractivity contribution in [2.45, 2.75) is 34.1 Å². The molecule has 0 heterocycles. The standard InChI is InChI=1S/C7H12O2.CH4/c1-3-6(4-2)5-7(8)9;/h5H,3-4H2,1-2H3,(H,8,9);1H4. The maximum Gasteiger partial charge on any atom is 0.328 e. The molecule has 0 aliphatic heterocycles. The van der Waals surface area contributed by atoms with Crippen LogP contribution in [0.15, 0.2) is 11.6 Å². The Morgan fingerprint density at radius 1 is 1.40 bits per heavy atom. The zero-order valence-electron chi connectivity index (χ0n) is 5.85. The van der Waals surface area contributed by atoms with E-state index < -0.39 is 5.97 Å². The van der Waals surface area contributed by atoms with Crippen molar-refractivity contribution >= 4 is 5.97 Å². The molecule has 0 amide bonds. The second-order valence-corrected chi connectivity index (χ2v) is 1.85. The second-order valence-electron chi connectivity index (χ2n) is 1.85. The minimum Gasteiger partial charge on any atom is -0.478 e. The lowest BCUT2D eigenvalue weighted by Crippen LogP contribution is -1.90. The maximum atomic E-state index is 10.1. The number of aliphatic carboxylic acids is 1. The predicted molar refractivity (Wildman–Crippen MR) is 43.0 cm³/mol. The molecular formula is C8H16O2. The van der Waals surface area contributed by atoms with Crippen molar-refractivity contribution < 1.29 is 9.90 Å². The fourth-order valence-electron chi connectivity index (χ4n) is 0.629. The first-order valence-electron chi connectivity index (χ1n) is 3.13. The van der Waals surface area contributed by atoms with Gasteiger partial charge in [0.2, 0.25) is 0 Å². The summed E-state index contributed by atoms with van der Waals surface area (Å²) < 4.78 is 0.